The minimum absolute atomic E-state index is 0.374. The van der Waals surface area contributed by atoms with Crippen molar-refractivity contribution in [1.82, 2.24) is 29.8 Å². The van der Waals surface area contributed by atoms with Crippen LogP contribution in [0.5, 0.6) is 0 Å². The zero-order chi connectivity index (χ0) is 20.0. The van der Waals surface area contributed by atoms with E-state index in [9.17, 15) is 0 Å². The summed E-state index contributed by atoms with van der Waals surface area (Å²) < 4.78 is 7.58. The molecule has 0 unspecified atom stereocenters. The van der Waals surface area contributed by atoms with Gasteiger partial charge in [0.15, 0.2) is 11.6 Å². The third-order valence-electron chi connectivity index (χ3n) is 6.13. The highest BCUT2D eigenvalue weighted by molar-refractivity contribution is 6.30. The number of aromatic nitrogens is 5. The van der Waals surface area contributed by atoms with Crippen LogP contribution in [0.1, 0.15) is 73.4 Å². The Morgan fingerprint density at radius 2 is 1.90 bits per heavy atom. The summed E-state index contributed by atoms with van der Waals surface area (Å²) in [6.07, 6.45) is 4.98. The van der Waals surface area contributed by atoms with Crippen LogP contribution in [0.15, 0.2) is 22.7 Å². The van der Waals surface area contributed by atoms with Gasteiger partial charge in [-0.15, -0.1) is 10.2 Å². The summed E-state index contributed by atoms with van der Waals surface area (Å²) in [4.78, 5) is 6.80. The Balaban J connectivity index is 1.42. The Kier molecular flexibility index (Phi) is 4.87. The molecule has 1 aliphatic heterocycles. The first-order valence-electron chi connectivity index (χ1n) is 10.4. The maximum Gasteiger partial charge on any atom is 0.226 e. The number of nitrogens with zero attached hydrogens (tertiary/aromatic N) is 6. The summed E-state index contributed by atoms with van der Waals surface area (Å²) in [6, 6.07) is 6.12. The van der Waals surface area contributed by atoms with E-state index in [0.717, 1.165) is 79.3 Å². The monoisotopic (exact) mass is 412 g/mol. The van der Waals surface area contributed by atoms with Crippen molar-refractivity contribution >= 4 is 11.6 Å². The van der Waals surface area contributed by atoms with Crippen LogP contribution in [-0.2, 0) is 19.5 Å². The number of rotatable bonds is 3. The molecule has 1 saturated carbocycles. The summed E-state index contributed by atoms with van der Waals surface area (Å²) in [6.45, 7) is 3.66. The van der Waals surface area contributed by atoms with Gasteiger partial charge in [0.05, 0.1) is 12.2 Å². The molecule has 0 bridgehead atoms. The van der Waals surface area contributed by atoms with E-state index < -0.39 is 0 Å². The van der Waals surface area contributed by atoms with Gasteiger partial charge in [0, 0.05) is 29.8 Å². The molecule has 3 aromatic rings. The molecule has 0 N–H and O–H groups in total. The normalized spacial score (nSPS) is 22.2. The van der Waals surface area contributed by atoms with Gasteiger partial charge in [-0.1, -0.05) is 23.7 Å². The second-order valence-corrected chi connectivity index (χ2v) is 8.64. The molecule has 0 atom stereocenters. The molecule has 1 aromatic carbocycles. The molecular formula is C21H25ClN6O. The Morgan fingerprint density at radius 1 is 1.10 bits per heavy atom. The first kappa shape index (κ1) is 18.8. The molecule has 2 aliphatic rings. The minimum Gasteiger partial charge on any atom is -0.339 e. The van der Waals surface area contributed by atoms with Crippen LogP contribution in [0, 0.1) is 0 Å². The number of fused-ring (bicyclic) bond motifs is 3. The highest BCUT2D eigenvalue weighted by Gasteiger charge is 2.31. The molecule has 1 aliphatic carbocycles. The minimum atomic E-state index is 0.374. The van der Waals surface area contributed by atoms with Crippen molar-refractivity contribution in [2.45, 2.75) is 64.0 Å². The molecule has 0 radical (unpaired) electrons. The van der Waals surface area contributed by atoms with Crippen LogP contribution >= 0.6 is 11.6 Å². The number of benzene rings is 1. The van der Waals surface area contributed by atoms with Crippen molar-refractivity contribution in [2.75, 3.05) is 7.05 Å². The lowest BCUT2D eigenvalue weighted by atomic mass is 9.81. The Hall–Kier alpha value is -2.25. The SMILES string of the molecule is CCc1nc([C@H]2CC[C@H](c3nnc4n3-c3ccc(Cl)cc3CN(C)C4)CC2)no1. The van der Waals surface area contributed by atoms with Gasteiger partial charge < -0.3 is 4.52 Å². The summed E-state index contributed by atoms with van der Waals surface area (Å²) >= 11 is 6.28. The summed E-state index contributed by atoms with van der Waals surface area (Å²) in [5.74, 6) is 4.42. The zero-order valence-electron chi connectivity index (χ0n) is 16.8. The Bertz CT molecular complexity index is 1020. The van der Waals surface area contributed by atoms with Crippen LogP contribution in [0.3, 0.4) is 0 Å². The van der Waals surface area contributed by atoms with Crippen LogP contribution < -0.4 is 0 Å². The molecule has 1 fully saturated rings. The highest BCUT2D eigenvalue weighted by atomic mass is 35.5. The third-order valence-corrected chi connectivity index (χ3v) is 6.37. The second kappa shape index (κ2) is 7.54. The number of hydrogen-bond acceptors (Lipinski definition) is 6. The van der Waals surface area contributed by atoms with Gasteiger partial charge in [0.25, 0.3) is 0 Å². The Morgan fingerprint density at radius 3 is 2.66 bits per heavy atom. The van der Waals surface area contributed by atoms with Crippen molar-refractivity contribution in [3.8, 4) is 5.69 Å². The molecule has 0 spiro atoms. The number of hydrogen-bond donors (Lipinski definition) is 0. The lowest BCUT2D eigenvalue weighted by molar-refractivity contribution is 0.315. The van der Waals surface area contributed by atoms with Crippen molar-refractivity contribution in [3.63, 3.8) is 0 Å². The quantitative estimate of drug-likeness (QED) is 0.640. The number of halogens is 1. The topological polar surface area (TPSA) is 72.9 Å². The predicted molar refractivity (Wildman–Crippen MR) is 109 cm³/mol. The van der Waals surface area contributed by atoms with Crippen molar-refractivity contribution in [2.24, 2.45) is 0 Å². The van der Waals surface area contributed by atoms with Crippen LogP contribution in [0.25, 0.3) is 5.69 Å². The lowest BCUT2D eigenvalue weighted by Gasteiger charge is -2.26. The van der Waals surface area contributed by atoms with Crippen molar-refractivity contribution in [1.29, 1.82) is 0 Å². The first-order valence-corrected chi connectivity index (χ1v) is 10.7. The average molecular weight is 413 g/mol. The maximum atomic E-state index is 6.28. The molecule has 2 aromatic heterocycles. The van der Waals surface area contributed by atoms with E-state index in [4.69, 9.17) is 16.1 Å². The van der Waals surface area contributed by atoms with Gasteiger partial charge in [-0.2, -0.15) is 4.98 Å². The molecule has 7 nitrogen and oxygen atoms in total. The fraction of sp³-hybridized carbons (Fsp3) is 0.524. The fourth-order valence-corrected chi connectivity index (χ4v) is 4.83. The van der Waals surface area contributed by atoms with E-state index in [-0.39, 0.29) is 0 Å². The second-order valence-electron chi connectivity index (χ2n) is 8.20. The van der Waals surface area contributed by atoms with E-state index in [1.165, 1.54) is 5.56 Å². The standard InChI is InChI=1S/C21H25ClN6O/c1-3-19-23-20(26-29-19)13-4-6-14(7-5-13)21-25-24-18-12-27(2)11-15-10-16(22)8-9-17(15)28(18)21/h8-10,13-14H,3-7,11-12H2,1-2H3/t13-,14-. The van der Waals surface area contributed by atoms with Crippen molar-refractivity contribution < 1.29 is 4.52 Å². The van der Waals surface area contributed by atoms with Gasteiger partial charge in [0.2, 0.25) is 5.89 Å². The summed E-state index contributed by atoms with van der Waals surface area (Å²) in [5, 5.41) is 14.1. The van der Waals surface area contributed by atoms with E-state index in [1.54, 1.807) is 0 Å². The van der Waals surface area contributed by atoms with Crippen molar-refractivity contribution in [3.05, 3.63) is 52.1 Å². The van der Waals surface area contributed by atoms with E-state index in [0.29, 0.717) is 11.8 Å². The molecular weight excluding hydrogens is 388 g/mol. The molecule has 29 heavy (non-hydrogen) atoms. The molecule has 5 rings (SSSR count). The van der Waals surface area contributed by atoms with E-state index in [1.807, 2.05) is 13.0 Å². The Labute approximate surface area is 175 Å². The fourth-order valence-electron chi connectivity index (χ4n) is 4.63. The van der Waals surface area contributed by atoms with Crippen LogP contribution in [0.4, 0.5) is 0 Å². The zero-order valence-corrected chi connectivity index (χ0v) is 17.6. The molecule has 0 saturated heterocycles. The first-order chi connectivity index (χ1) is 14.1. The molecule has 152 valence electrons. The summed E-state index contributed by atoms with van der Waals surface area (Å²) in [5.41, 5.74) is 2.37. The van der Waals surface area contributed by atoms with Gasteiger partial charge in [-0.3, -0.25) is 9.47 Å². The number of aryl methyl sites for hydroxylation is 1. The smallest absolute Gasteiger partial charge is 0.226 e. The largest absolute Gasteiger partial charge is 0.339 e. The van der Waals surface area contributed by atoms with Crippen LogP contribution in [-0.4, -0.2) is 36.9 Å². The van der Waals surface area contributed by atoms with Crippen LogP contribution in [0.2, 0.25) is 5.02 Å². The van der Waals surface area contributed by atoms with Gasteiger partial charge in [-0.25, -0.2) is 0 Å². The van der Waals surface area contributed by atoms with Gasteiger partial charge in [-0.05, 0) is 56.5 Å². The molecule has 3 heterocycles. The van der Waals surface area contributed by atoms with E-state index >= 15 is 0 Å². The highest BCUT2D eigenvalue weighted by Crippen LogP contribution is 2.40. The summed E-state index contributed by atoms with van der Waals surface area (Å²) in [7, 11) is 2.11. The molecule has 8 heteroatoms. The molecule has 0 amide bonds. The maximum absolute atomic E-state index is 6.28. The van der Waals surface area contributed by atoms with Gasteiger partial charge >= 0.3 is 0 Å². The predicted octanol–water partition coefficient (Wildman–Crippen LogP) is 4.25. The third kappa shape index (κ3) is 3.46. The van der Waals surface area contributed by atoms with E-state index in [2.05, 4.69) is 49.0 Å². The average Bonchev–Trinajstić information content (AvgIpc) is 3.33. The van der Waals surface area contributed by atoms with Gasteiger partial charge in [0.1, 0.15) is 5.82 Å². The lowest BCUT2D eigenvalue weighted by Crippen LogP contribution is -2.17.